The van der Waals surface area contributed by atoms with Gasteiger partial charge in [-0.25, -0.2) is 4.79 Å². The molecule has 1 saturated carbocycles. The van der Waals surface area contributed by atoms with Crippen LogP contribution >= 0.6 is 0 Å². The van der Waals surface area contributed by atoms with Gasteiger partial charge in [0.25, 0.3) is 5.91 Å². The van der Waals surface area contributed by atoms with Crippen LogP contribution in [0.25, 0.3) is 0 Å². The van der Waals surface area contributed by atoms with E-state index in [0.717, 1.165) is 36.1 Å². The molecule has 1 aromatic rings. The highest BCUT2D eigenvalue weighted by atomic mass is 16.2. The monoisotopic (exact) mass is 427 g/mol. The molecule has 1 aliphatic heterocycles. The van der Waals surface area contributed by atoms with E-state index in [1.54, 1.807) is 0 Å². The van der Waals surface area contributed by atoms with Gasteiger partial charge in [0.2, 0.25) is 5.91 Å². The summed E-state index contributed by atoms with van der Waals surface area (Å²) in [5.41, 5.74) is 1.48. The smallest absolute Gasteiger partial charge is 0.325 e. The first kappa shape index (κ1) is 23.3. The molecule has 1 spiro atoms. The lowest BCUT2D eigenvalue weighted by atomic mass is 9.73. The highest BCUT2D eigenvalue weighted by Gasteiger charge is 2.55. The van der Waals surface area contributed by atoms with Crippen molar-refractivity contribution in [1.29, 1.82) is 0 Å². The predicted octanol–water partition coefficient (Wildman–Crippen LogP) is 4.51. The fourth-order valence-electron chi connectivity index (χ4n) is 4.90. The van der Waals surface area contributed by atoms with Crippen LogP contribution < -0.4 is 10.6 Å². The maximum absolute atomic E-state index is 13.1. The van der Waals surface area contributed by atoms with Gasteiger partial charge in [-0.1, -0.05) is 71.7 Å². The Morgan fingerprint density at radius 1 is 1.16 bits per heavy atom. The van der Waals surface area contributed by atoms with Gasteiger partial charge in [0.1, 0.15) is 12.1 Å². The Hall–Kier alpha value is -2.37. The molecule has 170 valence electrons. The van der Waals surface area contributed by atoms with Crippen molar-refractivity contribution >= 4 is 17.8 Å². The molecule has 4 amide bonds. The minimum atomic E-state index is -0.834. The number of nitrogens with zero attached hydrogens (tertiary/aromatic N) is 1. The molecule has 6 nitrogen and oxygen atoms in total. The maximum atomic E-state index is 13.1. The molecule has 2 N–H and O–H groups in total. The molecule has 4 atom stereocenters. The van der Waals surface area contributed by atoms with E-state index in [4.69, 9.17) is 0 Å². The van der Waals surface area contributed by atoms with Crippen molar-refractivity contribution in [3.05, 3.63) is 35.4 Å². The van der Waals surface area contributed by atoms with Crippen LogP contribution in [0.4, 0.5) is 4.79 Å². The van der Waals surface area contributed by atoms with Crippen molar-refractivity contribution in [1.82, 2.24) is 15.5 Å². The van der Waals surface area contributed by atoms with E-state index in [1.165, 1.54) is 5.56 Å². The van der Waals surface area contributed by atoms with Crippen molar-refractivity contribution in [3.63, 3.8) is 0 Å². The van der Waals surface area contributed by atoms with Crippen LogP contribution in [0.5, 0.6) is 0 Å². The molecule has 1 aliphatic carbocycles. The first-order valence-corrected chi connectivity index (χ1v) is 11.7. The molecule has 4 unspecified atom stereocenters. The summed E-state index contributed by atoms with van der Waals surface area (Å²) < 4.78 is 0. The Morgan fingerprint density at radius 3 is 2.39 bits per heavy atom. The van der Waals surface area contributed by atoms with Gasteiger partial charge in [0.15, 0.2) is 0 Å². The van der Waals surface area contributed by atoms with Crippen LogP contribution in [0.15, 0.2) is 24.3 Å². The quantitative estimate of drug-likeness (QED) is 0.628. The molecule has 0 bridgehead atoms. The summed E-state index contributed by atoms with van der Waals surface area (Å²) in [4.78, 5) is 39.7. The molecule has 1 aromatic carbocycles. The average Bonchev–Trinajstić information content (AvgIpc) is 2.98. The lowest BCUT2D eigenvalue weighted by Gasteiger charge is -2.36. The van der Waals surface area contributed by atoms with Gasteiger partial charge in [-0.15, -0.1) is 0 Å². The number of carbonyl (C=O) groups excluding carboxylic acids is 3. The molecule has 2 aliphatic rings. The third kappa shape index (κ3) is 4.63. The van der Waals surface area contributed by atoms with Gasteiger partial charge in [-0.2, -0.15) is 0 Å². The summed E-state index contributed by atoms with van der Waals surface area (Å²) in [6.45, 7) is 10.3. The fraction of sp³-hybridized carbons (Fsp3) is 0.640. The standard InChI is InChI=1S/C25H37N3O3/c1-6-17(4)19-10-12-20(13-11-19)22(16(2)3)26-21(29)15-28-23(30)25(27-24(28)31)14-8-7-9-18(25)5/h10-13,16-18,22H,6-9,14-15H2,1-5H3,(H,26,29)(H,27,31). The number of carbonyl (C=O) groups is 3. The molecule has 31 heavy (non-hydrogen) atoms. The first-order valence-electron chi connectivity index (χ1n) is 11.7. The Balaban J connectivity index is 1.69. The van der Waals surface area contributed by atoms with Crippen molar-refractivity contribution in [3.8, 4) is 0 Å². The van der Waals surface area contributed by atoms with Crippen LogP contribution in [0.2, 0.25) is 0 Å². The van der Waals surface area contributed by atoms with E-state index in [0.29, 0.717) is 12.3 Å². The Morgan fingerprint density at radius 2 is 1.81 bits per heavy atom. The van der Waals surface area contributed by atoms with Crippen molar-refractivity contribution in [2.24, 2.45) is 11.8 Å². The summed E-state index contributed by atoms with van der Waals surface area (Å²) in [7, 11) is 0. The van der Waals surface area contributed by atoms with Crippen LogP contribution in [-0.2, 0) is 9.59 Å². The fourth-order valence-corrected chi connectivity index (χ4v) is 4.90. The van der Waals surface area contributed by atoms with Gasteiger partial charge in [0, 0.05) is 0 Å². The van der Waals surface area contributed by atoms with Crippen LogP contribution in [0, 0.1) is 11.8 Å². The van der Waals surface area contributed by atoms with Crippen molar-refractivity contribution < 1.29 is 14.4 Å². The molecule has 2 fully saturated rings. The molecular formula is C25H37N3O3. The minimum Gasteiger partial charge on any atom is -0.347 e. The number of amides is 4. The molecule has 1 saturated heterocycles. The van der Waals surface area contributed by atoms with Crippen molar-refractivity contribution in [2.75, 3.05) is 6.54 Å². The molecule has 0 aromatic heterocycles. The minimum absolute atomic E-state index is 0.0817. The zero-order valence-corrected chi connectivity index (χ0v) is 19.5. The number of nitrogens with one attached hydrogen (secondary N) is 2. The number of urea groups is 1. The predicted molar refractivity (Wildman–Crippen MR) is 121 cm³/mol. The second kappa shape index (κ2) is 9.41. The van der Waals surface area contributed by atoms with Crippen molar-refractivity contribution in [2.45, 2.75) is 84.2 Å². The van der Waals surface area contributed by atoms with Gasteiger partial charge in [0.05, 0.1) is 6.04 Å². The van der Waals surface area contributed by atoms with Gasteiger partial charge < -0.3 is 10.6 Å². The van der Waals surface area contributed by atoms with Gasteiger partial charge >= 0.3 is 6.03 Å². The molecule has 1 heterocycles. The Bertz CT molecular complexity index is 820. The maximum Gasteiger partial charge on any atom is 0.325 e. The summed E-state index contributed by atoms with van der Waals surface area (Å²) in [6, 6.07) is 7.75. The number of hydrogen-bond donors (Lipinski definition) is 2. The van der Waals surface area contributed by atoms with Crippen LogP contribution in [-0.4, -0.2) is 34.8 Å². The normalized spacial score (nSPS) is 25.6. The largest absolute Gasteiger partial charge is 0.347 e. The summed E-state index contributed by atoms with van der Waals surface area (Å²) in [5.74, 6) is 0.187. The average molecular weight is 428 g/mol. The third-order valence-corrected chi connectivity index (χ3v) is 7.26. The lowest BCUT2D eigenvalue weighted by molar-refractivity contribution is -0.137. The van der Waals surface area contributed by atoms with E-state index >= 15 is 0 Å². The van der Waals surface area contributed by atoms with E-state index < -0.39 is 11.6 Å². The zero-order chi connectivity index (χ0) is 22.8. The second-order valence-electron chi connectivity index (χ2n) is 9.70. The van der Waals surface area contributed by atoms with Crippen LogP contribution in [0.3, 0.4) is 0 Å². The Kier molecular flexibility index (Phi) is 7.07. The molecule has 0 radical (unpaired) electrons. The summed E-state index contributed by atoms with van der Waals surface area (Å²) >= 11 is 0. The van der Waals surface area contributed by atoms with E-state index in [9.17, 15) is 14.4 Å². The van der Waals surface area contributed by atoms with Crippen LogP contribution in [0.1, 0.15) is 89.8 Å². The zero-order valence-electron chi connectivity index (χ0n) is 19.5. The summed E-state index contributed by atoms with van der Waals surface area (Å²) in [5, 5.41) is 5.96. The topological polar surface area (TPSA) is 78.5 Å². The first-order chi connectivity index (χ1) is 14.7. The van der Waals surface area contributed by atoms with E-state index in [1.807, 2.05) is 6.92 Å². The SMILES string of the molecule is CCC(C)c1ccc(C(NC(=O)CN2C(=O)NC3(CCCCC3C)C2=O)C(C)C)cc1. The third-order valence-electron chi connectivity index (χ3n) is 7.26. The highest BCUT2D eigenvalue weighted by molar-refractivity contribution is 6.09. The number of rotatable bonds is 7. The highest BCUT2D eigenvalue weighted by Crippen LogP contribution is 2.38. The van der Waals surface area contributed by atoms with E-state index in [-0.39, 0.29) is 36.2 Å². The summed E-state index contributed by atoms with van der Waals surface area (Å²) in [6.07, 6.45) is 4.62. The Labute approximate surface area is 186 Å². The molecule has 6 heteroatoms. The van der Waals surface area contributed by atoms with Gasteiger partial charge in [-0.05, 0) is 48.1 Å². The number of imide groups is 1. The number of hydrogen-bond acceptors (Lipinski definition) is 3. The lowest BCUT2D eigenvalue weighted by Crippen LogP contribution is -2.54. The molecule has 3 rings (SSSR count). The number of benzene rings is 1. The van der Waals surface area contributed by atoms with E-state index in [2.05, 4.69) is 62.6 Å². The molecular weight excluding hydrogens is 390 g/mol. The second-order valence-corrected chi connectivity index (χ2v) is 9.70. The van der Waals surface area contributed by atoms with Gasteiger partial charge in [-0.3, -0.25) is 14.5 Å².